The van der Waals surface area contributed by atoms with Crippen molar-refractivity contribution in [2.45, 2.75) is 0 Å². The minimum absolute atomic E-state index is 0.000219. The summed E-state index contributed by atoms with van der Waals surface area (Å²) in [5.41, 5.74) is 0.852. The summed E-state index contributed by atoms with van der Waals surface area (Å²) in [5.74, 6) is -0.629. The summed E-state index contributed by atoms with van der Waals surface area (Å²) >= 11 is 0. The van der Waals surface area contributed by atoms with E-state index in [1.807, 2.05) is 6.07 Å². The van der Waals surface area contributed by atoms with E-state index < -0.39 is 18.5 Å². The molecule has 6 nitrogen and oxygen atoms in total. The summed E-state index contributed by atoms with van der Waals surface area (Å²) < 4.78 is 30.9. The highest BCUT2D eigenvalue weighted by Gasteiger charge is 2.12. The number of anilines is 2. The zero-order chi connectivity index (χ0) is 18.4. The number of benzene rings is 1. The third-order valence-corrected chi connectivity index (χ3v) is 3.35. The summed E-state index contributed by atoms with van der Waals surface area (Å²) in [7, 11) is 0. The number of ether oxygens (including phenoxy) is 1. The zero-order valence-electron chi connectivity index (χ0n) is 13.5. The van der Waals surface area contributed by atoms with Crippen LogP contribution in [0.3, 0.4) is 0 Å². The first-order valence-corrected chi connectivity index (χ1v) is 7.70. The molecule has 0 amide bonds. The number of nitrogens with zero attached hydrogens (tertiary/aromatic N) is 3. The van der Waals surface area contributed by atoms with Gasteiger partial charge in [0.1, 0.15) is 24.9 Å². The molecule has 132 valence electrons. The van der Waals surface area contributed by atoms with Gasteiger partial charge in [-0.3, -0.25) is 4.98 Å². The molecule has 0 fully saturated rings. The number of esters is 1. The van der Waals surface area contributed by atoms with Crippen LogP contribution in [-0.2, 0) is 4.74 Å². The summed E-state index contributed by atoms with van der Waals surface area (Å²) in [6, 6.07) is 8.95. The smallest absolute Gasteiger partial charge is 0.338 e. The van der Waals surface area contributed by atoms with Gasteiger partial charge in [-0.15, -0.1) is 0 Å². The fraction of sp³-hybridized carbons (Fsp3) is 0.111. The Kier molecular flexibility index (Phi) is 5.43. The van der Waals surface area contributed by atoms with Crippen LogP contribution in [0, 0.1) is 5.82 Å². The van der Waals surface area contributed by atoms with Crippen molar-refractivity contribution in [1.29, 1.82) is 0 Å². The first kappa shape index (κ1) is 17.4. The van der Waals surface area contributed by atoms with Gasteiger partial charge in [-0.05, 0) is 36.4 Å². The lowest BCUT2D eigenvalue weighted by molar-refractivity contribution is 0.0480. The number of pyridine rings is 1. The van der Waals surface area contributed by atoms with Gasteiger partial charge in [-0.2, -0.15) is 0 Å². The maximum atomic E-state index is 14.2. The molecule has 0 saturated heterocycles. The number of hydrogen-bond donors (Lipinski definition) is 1. The van der Waals surface area contributed by atoms with Crippen LogP contribution in [0.5, 0.6) is 0 Å². The fourth-order valence-electron chi connectivity index (χ4n) is 2.16. The largest absolute Gasteiger partial charge is 0.459 e. The Labute approximate surface area is 147 Å². The number of rotatable bonds is 6. The molecule has 1 aromatic carbocycles. The summed E-state index contributed by atoms with van der Waals surface area (Å²) in [4.78, 5) is 24.1. The van der Waals surface area contributed by atoms with Crippen LogP contribution in [0.15, 0.2) is 55.0 Å². The van der Waals surface area contributed by atoms with E-state index in [0.717, 1.165) is 11.6 Å². The number of carbonyl (C=O) groups is 1. The van der Waals surface area contributed by atoms with E-state index in [1.165, 1.54) is 18.3 Å². The van der Waals surface area contributed by atoms with E-state index in [-0.39, 0.29) is 17.9 Å². The molecule has 3 rings (SSSR count). The van der Waals surface area contributed by atoms with Crippen molar-refractivity contribution in [2.75, 3.05) is 18.6 Å². The van der Waals surface area contributed by atoms with Crippen LogP contribution >= 0.6 is 0 Å². The van der Waals surface area contributed by atoms with E-state index in [4.69, 9.17) is 0 Å². The Morgan fingerprint density at radius 1 is 1.19 bits per heavy atom. The minimum atomic E-state index is -0.791. The van der Waals surface area contributed by atoms with Crippen LogP contribution < -0.4 is 5.32 Å². The quantitative estimate of drug-likeness (QED) is 0.681. The highest BCUT2D eigenvalue weighted by atomic mass is 19.1. The molecule has 0 unspecified atom stereocenters. The lowest BCUT2D eigenvalue weighted by atomic mass is 10.2. The van der Waals surface area contributed by atoms with Gasteiger partial charge in [0.25, 0.3) is 0 Å². The van der Waals surface area contributed by atoms with Crippen LogP contribution in [0.25, 0.3) is 11.4 Å². The topological polar surface area (TPSA) is 77.0 Å². The van der Waals surface area contributed by atoms with Gasteiger partial charge < -0.3 is 10.1 Å². The number of nitrogens with one attached hydrogen (secondary N) is 1. The molecule has 8 heteroatoms. The number of alkyl halides is 1. The van der Waals surface area contributed by atoms with E-state index in [9.17, 15) is 13.6 Å². The molecule has 0 aliphatic carbocycles. The number of hydrogen-bond acceptors (Lipinski definition) is 6. The molecule has 0 bridgehead atoms. The van der Waals surface area contributed by atoms with Crippen molar-refractivity contribution in [2.24, 2.45) is 0 Å². The van der Waals surface area contributed by atoms with E-state index in [0.29, 0.717) is 11.6 Å². The summed E-state index contributed by atoms with van der Waals surface area (Å²) in [6.07, 6.45) is 4.80. The molecule has 0 saturated carbocycles. The summed E-state index contributed by atoms with van der Waals surface area (Å²) in [5, 5.41) is 2.83. The second-order valence-electron chi connectivity index (χ2n) is 5.15. The fourth-order valence-corrected chi connectivity index (χ4v) is 2.16. The van der Waals surface area contributed by atoms with Crippen LogP contribution in [0.1, 0.15) is 10.4 Å². The lowest BCUT2D eigenvalue weighted by Crippen LogP contribution is -2.08. The van der Waals surface area contributed by atoms with Crippen LogP contribution in [-0.4, -0.2) is 34.2 Å². The van der Waals surface area contributed by atoms with Crippen molar-refractivity contribution >= 4 is 17.5 Å². The van der Waals surface area contributed by atoms with Crippen molar-refractivity contribution in [3.8, 4) is 11.4 Å². The first-order chi connectivity index (χ1) is 12.7. The number of halogens is 2. The molecule has 26 heavy (non-hydrogen) atoms. The average Bonchev–Trinajstić information content (AvgIpc) is 2.68. The third kappa shape index (κ3) is 4.15. The molecule has 1 N–H and O–H groups in total. The van der Waals surface area contributed by atoms with Gasteiger partial charge in [0.15, 0.2) is 5.82 Å². The minimum Gasteiger partial charge on any atom is -0.459 e. The van der Waals surface area contributed by atoms with Gasteiger partial charge in [0.05, 0.1) is 11.3 Å². The Morgan fingerprint density at radius 2 is 2.08 bits per heavy atom. The second-order valence-corrected chi connectivity index (χ2v) is 5.15. The maximum absolute atomic E-state index is 14.2. The van der Waals surface area contributed by atoms with Gasteiger partial charge in [-0.1, -0.05) is 0 Å². The van der Waals surface area contributed by atoms with Crippen LogP contribution in [0.2, 0.25) is 0 Å². The van der Waals surface area contributed by atoms with Crippen molar-refractivity contribution in [1.82, 2.24) is 15.0 Å². The van der Waals surface area contributed by atoms with E-state index in [2.05, 4.69) is 25.0 Å². The molecule has 0 aliphatic rings. The molecule has 2 heterocycles. The number of carbonyl (C=O) groups excluding carboxylic acids is 1. The van der Waals surface area contributed by atoms with Gasteiger partial charge >= 0.3 is 5.97 Å². The highest BCUT2D eigenvalue weighted by Crippen LogP contribution is 2.22. The molecular weight excluding hydrogens is 342 g/mol. The Hall–Kier alpha value is -3.42. The highest BCUT2D eigenvalue weighted by molar-refractivity contribution is 5.90. The monoisotopic (exact) mass is 356 g/mol. The Bertz CT molecular complexity index is 907. The average molecular weight is 356 g/mol. The molecular formula is C18H14F2N4O2. The summed E-state index contributed by atoms with van der Waals surface area (Å²) in [6.45, 7) is -1.15. The molecule has 3 aromatic rings. The van der Waals surface area contributed by atoms with Crippen molar-refractivity contribution in [3.63, 3.8) is 0 Å². The SMILES string of the molecule is O=C(OCCF)c1ccc(Nc2ccnc(-c3cccnc3)n2)c(F)c1. The normalized spacial score (nSPS) is 10.4. The molecule has 2 aromatic heterocycles. The Morgan fingerprint density at radius 3 is 2.81 bits per heavy atom. The maximum Gasteiger partial charge on any atom is 0.338 e. The van der Waals surface area contributed by atoms with Gasteiger partial charge in [0, 0.05) is 24.2 Å². The molecule has 0 radical (unpaired) electrons. The van der Waals surface area contributed by atoms with Crippen molar-refractivity contribution in [3.05, 3.63) is 66.4 Å². The second kappa shape index (κ2) is 8.11. The Balaban J connectivity index is 1.78. The number of aromatic nitrogens is 3. The van der Waals surface area contributed by atoms with Crippen LogP contribution in [0.4, 0.5) is 20.3 Å². The van der Waals surface area contributed by atoms with Gasteiger partial charge in [0.2, 0.25) is 0 Å². The first-order valence-electron chi connectivity index (χ1n) is 7.70. The van der Waals surface area contributed by atoms with E-state index >= 15 is 0 Å². The standard InChI is InChI=1S/C18H14F2N4O2/c19-6-9-26-18(25)12-3-4-15(14(20)10-12)23-16-5-8-22-17(24-16)13-2-1-7-21-11-13/h1-5,7-8,10-11H,6,9H2,(H,22,23,24). The molecule has 0 atom stereocenters. The van der Waals surface area contributed by atoms with Crippen molar-refractivity contribution < 1.29 is 18.3 Å². The third-order valence-electron chi connectivity index (χ3n) is 3.35. The molecule has 0 aliphatic heterocycles. The predicted octanol–water partition coefficient (Wildman–Crippen LogP) is 3.55. The predicted molar refractivity (Wildman–Crippen MR) is 91.2 cm³/mol. The van der Waals surface area contributed by atoms with E-state index in [1.54, 1.807) is 24.5 Å². The molecule has 0 spiro atoms. The lowest BCUT2D eigenvalue weighted by Gasteiger charge is -2.09. The zero-order valence-corrected chi connectivity index (χ0v) is 13.5. The van der Waals surface area contributed by atoms with Gasteiger partial charge in [-0.25, -0.2) is 23.5 Å².